The lowest BCUT2D eigenvalue weighted by Crippen LogP contribution is -2.33. The van der Waals surface area contributed by atoms with E-state index in [2.05, 4.69) is 5.32 Å². The first-order valence-corrected chi connectivity index (χ1v) is 9.25. The number of ether oxygens (including phenoxy) is 1. The Labute approximate surface area is 132 Å². The van der Waals surface area contributed by atoms with Crippen LogP contribution in [0, 0.1) is 6.92 Å². The molecule has 5 nitrogen and oxygen atoms in total. The third kappa shape index (κ3) is 4.22. The average molecular weight is 325 g/mol. The predicted molar refractivity (Wildman–Crippen MR) is 85.6 cm³/mol. The lowest BCUT2D eigenvalue weighted by atomic mass is 10.1. The maximum Gasteiger partial charge on any atom is 0.235 e. The predicted octanol–water partition coefficient (Wildman–Crippen LogP) is 1.98. The highest BCUT2D eigenvalue weighted by Gasteiger charge is 2.30. The molecule has 0 bridgehead atoms. The molecule has 0 atom stereocenters. The average Bonchev–Trinajstić information content (AvgIpc) is 3.00. The molecule has 0 saturated heterocycles. The standard InChI is InChI=1S/C16H23NO4S/c1-12-9-13(7-8-15(12)21-2)10-17-16(18)11-22(19,20)14-5-3-4-6-14/h7-9,14H,3-6,10-11H2,1-2H3,(H,17,18). The fraction of sp³-hybridized carbons (Fsp3) is 0.562. The van der Waals surface area contributed by atoms with Crippen molar-refractivity contribution in [2.45, 2.75) is 44.4 Å². The molecule has 1 amide bonds. The molecular weight excluding hydrogens is 302 g/mol. The van der Waals surface area contributed by atoms with Gasteiger partial charge < -0.3 is 10.1 Å². The third-order valence-corrected chi connectivity index (χ3v) is 6.24. The third-order valence-electron chi connectivity index (χ3n) is 4.09. The minimum atomic E-state index is -3.31. The summed E-state index contributed by atoms with van der Waals surface area (Å²) in [5.74, 6) is -0.0495. The van der Waals surface area contributed by atoms with Crippen LogP contribution >= 0.6 is 0 Å². The zero-order chi connectivity index (χ0) is 16.2. The van der Waals surface area contributed by atoms with Crippen LogP contribution in [0.3, 0.4) is 0 Å². The van der Waals surface area contributed by atoms with Gasteiger partial charge in [-0.2, -0.15) is 0 Å². The van der Waals surface area contributed by atoms with E-state index in [9.17, 15) is 13.2 Å². The number of rotatable bonds is 6. The van der Waals surface area contributed by atoms with Gasteiger partial charge in [0.25, 0.3) is 0 Å². The number of carbonyl (C=O) groups excluding carboxylic acids is 1. The lowest BCUT2D eigenvalue weighted by Gasteiger charge is -2.12. The number of sulfone groups is 1. The molecule has 22 heavy (non-hydrogen) atoms. The number of hydrogen-bond acceptors (Lipinski definition) is 4. The van der Waals surface area contributed by atoms with E-state index < -0.39 is 21.5 Å². The van der Waals surface area contributed by atoms with Crippen LogP contribution < -0.4 is 10.1 Å². The normalized spacial score (nSPS) is 15.7. The summed E-state index contributed by atoms with van der Waals surface area (Å²) in [4.78, 5) is 11.9. The minimum Gasteiger partial charge on any atom is -0.496 e. The number of aryl methyl sites for hydroxylation is 1. The van der Waals surface area contributed by atoms with Gasteiger partial charge in [-0.1, -0.05) is 25.0 Å². The second-order valence-electron chi connectivity index (χ2n) is 5.79. The number of carbonyl (C=O) groups is 1. The molecule has 6 heteroatoms. The molecule has 1 saturated carbocycles. The number of hydrogen-bond donors (Lipinski definition) is 1. The van der Waals surface area contributed by atoms with Crippen molar-refractivity contribution in [1.29, 1.82) is 0 Å². The van der Waals surface area contributed by atoms with Crippen LogP contribution in [0.15, 0.2) is 18.2 Å². The lowest BCUT2D eigenvalue weighted by molar-refractivity contribution is -0.118. The van der Waals surface area contributed by atoms with Gasteiger partial charge in [0.2, 0.25) is 5.91 Å². The summed E-state index contributed by atoms with van der Waals surface area (Å²) in [6, 6.07) is 5.62. The molecule has 1 aliphatic carbocycles. The van der Waals surface area contributed by atoms with Crippen molar-refractivity contribution in [3.05, 3.63) is 29.3 Å². The summed E-state index contributed by atoms with van der Waals surface area (Å²) in [5.41, 5.74) is 1.90. The van der Waals surface area contributed by atoms with E-state index in [1.807, 2.05) is 25.1 Å². The highest BCUT2D eigenvalue weighted by molar-refractivity contribution is 7.92. The van der Waals surface area contributed by atoms with E-state index in [-0.39, 0.29) is 5.25 Å². The van der Waals surface area contributed by atoms with Crippen molar-refractivity contribution in [3.63, 3.8) is 0 Å². The van der Waals surface area contributed by atoms with Crippen molar-refractivity contribution in [1.82, 2.24) is 5.32 Å². The minimum absolute atomic E-state index is 0.323. The van der Waals surface area contributed by atoms with Crippen LogP contribution in [-0.2, 0) is 21.2 Å². The van der Waals surface area contributed by atoms with E-state index in [0.29, 0.717) is 19.4 Å². The molecule has 0 unspecified atom stereocenters. The van der Waals surface area contributed by atoms with E-state index in [1.54, 1.807) is 7.11 Å². The maximum absolute atomic E-state index is 12.1. The Morgan fingerprint density at radius 3 is 2.59 bits per heavy atom. The Balaban J connectivity index is 1.88. The molecule has 1 aromatic carbocycles. The Morgan fingerprint density at radius 1 is 1.32 bits per heavy atom. The van der Waals surface area contributed by atoms with Gasteiger partial charge in [0.1, 0.15) is 11.5 Å². The van der Waals surface area contributed by atoms with Crippen LogP contribution in [0.4, 0.5) is 0 Å². The van der Waals surface area contributed by atoms with E-state index in [1.165, 1.54) is 0 Å². The molecule has 1 aliphatic rings. The second kappa shape index (κ2) is 7.13. The molecule has 1 fully saturated rings. The number of amides is 1. The molecule has 0 aromatic heterocycles. The van der Waals surface area contributed by atoms with Gasteiger partial charge in [0, 0.05) is 6.54 Å². The largest absolute Gasteiger partial charge is 0.496 e. The van der Waals surface area contributed by atoms with Gasteiger partial charge in [-0.05, 0) is 37.0 Å². The van der Waals surface area contributed by atoms with Crippen LogP contribution in [0.5, 0.6) is 5.75 Å². The van der Waals surface area contributed by atoms with Crippen LogP contribution in [0.1, 0.15) is 36.8 Å². The first-order chi connectivity index (χ1) is 10.4. The van der Waals surface area contributed by atoms with Crippen molar-refractivity contribution in [2.24, 2.45) is 0 Å². The highest BCUT2D eigenvalue weighted by atomic mass is 32.2. The molecule has 1 N–H and O–H groups in total. The molecule has 0 spiro atoms. The quantitative estimate of drug-likeness (QED) is 0.868. The molecule has 122 valence electrons. The Hall–Kier alpha value is -1.56. The van der Waals surface area contributed by atoms with E-state index >= 15 is 0 Å². The van der Waals surface area contributed by atoms with E-state index in [4.69, 9.17) is 4.74 Å². The topological polar surface area (TPSA) is 72.5 Å². The highest BCUT2D eigenvalue weighted by Crippen LogP contribution is 2.25. The first kappa shape index (κ1) is 16.8. The van der Waals surface area contributed by atoms with Gasteiger partial charge in [0.15, 0.2) is 9.84 Å². The fourth-order valence-electron chi connectivity index (χ4n) is 2.85. The second-order valence-corrected chi connectivity index (χ2v) is 8.08. The van der Waals surface area contributed by atoms with Crippen LogP contribution in [0.2, 0.25) is 0 Å². The number of nitrogens with one attached hydrogen (secondary N) is 1. The van der Waals surface area contributed by atoms with E-state index in [0.717, 1.165) is 29.7 Å². The number of benzene rings is 1. The Kier molecular flexibility index (Phi) is 5.45. The summed E-state index contributed by atoms with van der Waals surface area (Å²) in [5, 5.41) is 2.35. The maximum atomic E-state index is 12.1. The Morgan fingerprint density at radius 2 is 2.00 bits per heavy atom. The van der Waals surface area contributed by atoms with Crippen molar-refractivity contribution in [3.8, 4) is 5.75 Å². The van der Waals surface area contributed by atoms with Gasteiger partial charge in [-0.15, -0.1) is 0 Å². The summed E-state index contributed by atoms with van der Waals surface area (Å²) in [7, 11) is -1.71. The smallest absolute Gasteiger partial charge is 0.235 e. The summed E-state index contributed by atoms with van der Waals surface area (Å²) in [6.45, 7) is 2.25. The van der Waals surface area contributed by atoms with Crippen LogP contribution in [-0.4, -0.2) is 32.4 Å². The Bertz CT molecular complexity index is 634. The van der Waals surface area contributed by atoms with Crippen molar-refractivity contribution >= 4 is 15.7 Å². The molecule has 2 rings (SSSR count). The monoisotopic (exact) mass is 325 g/mol. The zero-order valence-electron chi connectivity index (χ0n) is 13.1. The summed E-state index contributed by atoms with van der Waals surface area (Å²) < 4.78 is 29.4. The van der Waals surface area contributed by atoms with Gasteiger partial charge in [-0.25, -0.2) is 8.42 Å². The SMILES string of the molecule is COc1ccc(CNC(=O)CS(=O)(=O)C2CCCC2)cc1C. The number of methoxy groups -OCH3 is 1. The summed E-state index contributed by atoms with van der Waals surface area (Å²) in [6.07, 6.45) is 3.26. The van der Waals surface area contributed by atoms with Crippen LogP contribution in [0.25, 0.3) is 0 Å². The van der Waals surface area contributed by atoms with Gasteiger partial charge in [-0.3, -0.25) is 4.79 Å². The molecule has 0 aliphatic heterocycles. The summed E-state index contributed by atoms with van der Waals surface area (Å²) >= 11 is 0. The molecule has 0 radical (unpaired) electrons. The van der Waals surface area contributed by atoms with Crippen molar-refractivity contribution in [2.75, 3.05) is 12.9 Å². The fourth-order valence-corrected chi connectivity index (χ4v) is 4.60. The molecule has 1 aromatic rings. The van der Waals surface area contributed by atoms with Gasteiger partial charge >= 0.3 is 0 Å². The zero-order valence-corrected chi connectivity index (χ0v) is 13.9. The van der Waals surface area contributed by atoms with Crippen molar-refractivity contribution < 1.29 is 17.9 Å². The molecular formula is C16H23NO4S. The molecule has 0 heterocycles. The van der Waals surface area contributed by atoms with Gasteiger partial charge in [0.05, 0.1) is 12.4 Å². The first-order valence-electron chi connectivity index (χ1n) is 7.54.